The molecule has 1 aromatic heterocycles. The van der Waals surface area contributed by atoms with Gasteiger partial charge in [0.2, 0.25) is 11.8 Å². The molecule has 5 atom stereocenters. The molecule has 4 rings (SSSR count). The molecule has 2 N–H and O–H groups in total. The van der Waals surface area contributed by atoms with E-state index in [4.69, 9.17) is 4.74 Å². The highest BCUT2D eigenvalue weighted by Gasteiger charge is 2.38. The van der Waals surface area contributed by atoms with Gasteiger partial charge in [-0.1, -0.05) is 24.3 Å². The van der Waals surface area contributed by atoms with Gasteiger partial charge in [0.1, 0.15) is 18.2 Å². The number of ether oxygens (including phenoxy) is 1. The van der Waals surface area contributed by atoms with Gasteiger partial charge in [-0.05, 0) is 36.8 Å². The molecule has 153 valence electrons. The number of rotatable bonds is 5. The number of hydrogen-bond acceptors (Lipinski definition) is 6. The molecule has 7 heteroatoms. The Kier molecular flexibility index (Phi) is 5.41. The molecule has 1 amide bonds. The van der Waals surface area contributed by atoms with Crippen LogP contribution in [0, 0.1) is 18.8 Å². The molecule has 0 unspecified atom stereocenters. The molecule has 0 bridgehead atoms. The van der Waals surface area contributed by atoms with Gasteiger partial charge in [0, 0.05) is 26.6 Å². The van der Waals surface area contributed by atoms with Crippen LogP contribution in [0.15, 0.2) is 36.7 Å². The first kappa shape index (κ1) is 19.6. The zero-order valence-electron chi connectivity index (χ0n) is 16.8. The number of aromatic nitrogens is 2. The number of nitrogens with one attached hydrogen (secondary N) is 1. The van der Waals surface area contributed by atoms with Crippen molar-refractivity contribution in [2.24, 2.45) is 11.8 Å². The fourth-order valence-corrected chi connectivity index (χ4v) is 4.30. The zero-order chi connectivity index (χ0) is 20.5. The third kappa shape index (κ3) is 4.05. The van der Waals surface area contributed by atoms with Crippen LogP contribution in [0.1, 0.15) is 30.0 Å². The van der Waals surface area contributed by atoms with Crippen LogP contribution < -0.4 is 10.1 Å². The quantitative estimate of drug-likeness (QED) is 0.807. The van der Waals surface area contributed by atoms with Crippen LogP contribution in [0.5, 0.6) is 5.88 Å². The van der Waals surface area contributed by atoms with Gasteiger partial charge in [-0.3, -0.25) is 4.79 Å². The molecule has 2 aromatic rings. The minimum absolute atomic E-state index is 0.0211. The monoisotopic (exact) mass is 395 g/mol. The summed E-state index contributed by atoms with van der Waals surface area (Å²) in [5, 5.41) is 13.3. The Bertz CT molecular complexity index is 878. The van der Waals surface area contributed by atoms with Crippen LogP contribution in [0.2, 0.25) is 0 Å². The highest BCUT2D eigenvalue weighted by atomic mass is 16.5. The lowest BCUT2D eigenvalue weighted by Gasteiger charge is -2.24. The first-order valence-electron chi connectivity index (χ1n) is 9.97. The van der Waals surface area contributed by atoms with E-state index < -0.39 is 6.10 Å². The lowest BCUT2D eigenvalue weighted by Crippen LogP contribution is -2.34. The molecular formula is C22H27N4O3. The van der Waals surface area contributed by atoms with Crippen molar-refractivity contribution in [2.75, 3.05) is 19.4 Å². The van der Waals surface area contributed by atoms with Crippen LogP contribution in [0.3, 0.4) is 0 Å². The maximum absolute atomic E-state index is 12.8. The van der Waals surface area contributed by atoms with Crippen LogP contribution in [-0.2, 0) is 11.2 Å². The molecule has 2 aliphatic rings. The number of fused-ring (bicyclic) bond motifs is 1. The lowest BCUT2D eigenvalue weighted by atomic mass is 9.99. The molecular weight excluding hydrogens is 368 g/mol. The van der Waals surface area contributed by atoms with Gasteiger partial charge >= 0.3 is 0 Å². The van der Waals surface area contributed by atoms with Crippen molar-refractivity contribution >= 4 is 11.7 Å². The van der Waals surface area contributed by atoms with Crippen LogP contribution in [0.25, 0.3) is 0 Å². The van der Waals surface area contributed by atoms with Crippen molar-refractivity contribution in [1.82, 2.24) is 14.9 Å². The van der Waals surface area contributed by atoms with Gasteiger partial charge in [0.05, 0.1) is 18.1 Å². The number of carbonyl (C=O) groups is 1. The van der Waals surface area contributed by atoms with Crippen molar-refractivity contribution in [3.63, 3.8) is 0 Å². The Labute approximate surface area is 171 Å². The van der Waals surface area contributed by atoms with Crippen molar-refractivity contribution in [3.05, 3.63) is 54.7 Å². The van der Waals surface area contributed by atoms with Gasteiger partial charge < -0.3 is 20.1 Å². The Morgan fingerprint density at radius 1 is 1.28 bits per heavy atom. The summed E-state index contributed by atoms with van der Waals surface area (Å²) in [5.74, 6) is 0.935. The van der Waals surface area contributed by atoms with E-state index in [2.05, 4.69) is 34.3 Å². The fraction of sp³-hybridized carbons (Fsp3) is 0.455. The van der Waals surface area contributed by atoms with E-state index >= 15 is 0 Å². The summed E-state index contributed by atoms with van der Waals surface area (Å²) in [4.78, 5) is 22.9. The summed E-state index contributed by atoms with van der Waals surface area (Å²) < 4.78 is 5.94. The first-order valence-corrected chi connectivity index (χ1v) is 9.97. The van der Waals surface area contributed by atoms with Crippen LogP contribution in [-0.4, -0.2) is 52.2 Å². The van der Waals surface area contributed by atoms with Crippen molar-refractivity contribution < 1.29 is 14.6 Å². The second-order valence-corrected chi connectivity index (χ2v) is 8.14. The summed E-state index contributed by atoms with van der Waals surface area (Å²) in [6.45, 7) is 3.95. The van der Waals surface area contributed by atoms with E-state index in [-0.39, 0.29) is 29.9 Å². The molecule has 1 heterocycles. The number of benzene rings is 1. The molecule has 1 aromatic carbocycles. The van der Waals surface area contributed by atoms with Crippen molar-refractivity contribution in [3.8, 4) is 5.88 Å². The van der Waals surface area contributed by atoms with E-state index in [0.717, 1.165) is 5.56 Å². The van der Waals surface area contributed by atoms with Gasteiger partial charge in [-0.2, -0.15) is 0 Å². The Balaban J connectivity index is 1.53. The SMILES string of the molecule is [CH2][C@@H]1C[C@H](Oc2cc(N[C@H]3c4ccccc4C[C@H]3C(=O)N(C)C)ncn2)C[C@H]1O. The average molecular weight is 395 g/mol. The third-order valence-corrected chi connectivity index (χ3v) is 5.84. The van der Waals surface area contributed by atoms with Gasteiger partial charge in [-0.25, -0.2) is 9.97 Å². The van der Waals surface area contributed by atoms with Crippen LogP contribution in [0.4, 0.5) is 5.82 Å². The fourth-order valence-electron chi connectivity index (χ4n) is 4.30. The highest BCUT2D eigenvalue weighted by molar-refractivity contribution is 5.81. The first-order chi connectivity index (χ1) is 13.9. The topological polar surface area (TPSA) is 87.6 Å². The summed E-state index contributed by atoms with van der Waals surface area (Å²) in [7, 11) is 3.57. The predicted molar refractivity (Wildman–Crippen MR) is 109 cm³/mol. The lowest BCUT2D eigenvalue weighted by molar-refractivity contribution is -0.133. The Hall–Kier alpha value is -2.67. The van der Waals surface area contributed by atoms with Crippen molar-refractivity contribution in [2.45, 2.75) is 37.5 Å². The van der Waals surface area contributed by atoms with Crippen molar-refractivity contribution in [1.29, 1.82) is 0 Å². The summed E-state index contributed by atoms with van der Waals surface area (Å²) in [5.41, 5.74) is 2.30. The predicted octanol–water partition coefficient (Wildman–Crippen LogP) is 2.24. The van der Waals surface area contributed by atoms with E-state index in [9.17, 15) is 9.90 Å². The molecule has 2 aliphatic carbocycles. The average Bonchev–Trinajstić information content (AvgIpc) is 3.21. The number of carbonyl (C=O) groups excluding carboxylic acids is 1. The highest BCUT2D eigenvalue weighted by Crippen LogP contribution is 2.39. The summed E-state index contributed by atoms with van der Waals surface area (Å²) in [6.07, 6.45) is 2.86. The zero-order valence-corrected chi connectivity index (χ0v) is 16.8. The molecule has 0 saturated heterocycles. The van der Waals surface area contributed by atoms with E-state index in [1.54, 1.807) is 25.1 Å². The molecule has 29 heavy (non-hydrogen) atoms. The number of anilines is 1. The second-order valence-electron chi connectivity index (χ2n) is 8.14. The maximum Gasteiger partial charge on any atom is 0.227 e. The normalized spacial score (nSPS) is 28.1. The number of nitrogens with zero attached hydrogens (tertiary/aromatic N) is 3. The van der Waals surface area contributed by atoms with E-state index in [0.29, 0.717) is 31.0 Å². The largest absolute Gasteiger partial charge is 0.474 e. The standard InChI is InChI=1S/C22H27N4O3/c1-13-8-15(10-18(13)27)29-20-11-19(23-12-24-20)25-21-16-7-5-4-6-14(16)9-17(21)22(28)26(2)3/h4-7,11-13,15,17-18,21,27H,1,8-10H2,2-3H3,(H,23,24,25)/t13-,15+,17-,18-,21+/m1/s1. The Morgan fingerprint density at radius 3 is 2.79 bits per heavy atom. The number of aliphatic hydroxyl groups is 1. The minimum Gasteiger partial charge on any atom is -0.474 e. The number of hydrogen-bond donors (Lipinski definition) is 2. The number of aliphatic hydroxyl groups excluding tert-OH is 1. The molecule has 1 radical (unpaired) electrons. The molecule has 0 aliphatic heterocycles. The maximum atomic E-state index is 12.8. The molecule has 7 nitrogen and oxygen atoms in total. The molecule has 1 saturated carbocycles. The third-order valence-electron chi connectivity index (χ3n) is 5.84. The Morgan fingerprint density at radius 2 is 2.07 bits per heavy atom. The number of amides is 1. The smallest absolute Gasteiger partial charge is 0.227 e. The van der Waals surface area contributed by atoms with Gasteiger partial charge in [-0.15, -0.1) is 0 Å². The van der Waals surface area contributed by atoms with E-state index in [1.807, 2.05) is 12.1 Å². The molecule has 1 fully saturated rings. The van der Waals surface area contributed by atoms with E-state index in [1.165, 1.54) is 11.9 Å². The van der Waals surface area contributed by atoms with Crippen LogP contribution >= 0.6 is 0 Å². The summed E-state index contributed by atoms with van der Waals surface area (Å²) in [6, 6.07) is 9.71. The minimum atomic E-state index is -0.438. The second kappa shape index (κ2) is 7.99. The molecule has 0 spiro atoms. The summed E-state index contributed by atoms with van der Waals surface area (Å²) >= 11 is 0. The van der Waals surface area contributed by atoms with Gasteiger partial charge in [0.15, 0.2) is 0 Å². The van der Waals surface area contributed by atoms with Gasteiger partial charge in [0.25, 0.3) is 0 Å².